The first-order chi connectivity index (χ1) is 10.6. The van der Waals surface area contributed by atoms with Crippen LogP contribution in [0.5, 0.6) is 0 Å². The smallest absolute Gasteiger partial charge is 0.282 e. The zero-order valence-corrected chi connectivity index (χ0v) is 14.7. The van der Waals surface area contributed by atoms with Gasteiger partial charge in [-0.15, -0.1) is 0 Å². The molecule has 0 bridgehead atoms. The molecule has 0 unspecified atom stereocenters. The molecule has 0 aromatic heterocycles. The molecule has 0 saturated carbocycles. The van der Waals surface area contributed by atoms with E-state index in [2.05, 4.69) is 4.90 Å². The summed E-state index contributed by atoms with van der Waals surface area (Å²) < 4.78 is 33.9. The minimum absolute atomic E-state index is 0.628. The minimum atomic E-state index is -3.24. The van der Waals surface area contributed by atoms with Gasteiger partial charge < -0.3 is 9.64 Å². The van der Waals surface area contributed by atoms with Crippen molar-refractivity contribution in [2.75, 3.05) is 59.5 Å². The number of hydrogen-bond acceptors (Lipinski definition) is 4. The molecule has 2 fully saturated rings. The van der Waals surface area contributed by atoms with Crippen molar-refractivity contribution in [2.45, 2.75) is 38.5 Å². The number of hydrogen-bond donors (Lipinski definition) is 0. The molecule has 0 aliphatic carbocycles. The summed E-state index contributed by atoms with van der Waals surface area (Å²) in [7, 11) is -1.51. The molecule has 0 spiro atoms. The number of methoxy groups -OCH3 is 1. The Labute approximate surface area is 135 Å². The number of nitrogens with zero attached hydrogens (tertiary/aromatic N) is 3. The van der Waals surface area contributed by atoms with Crippen LogP contribution < -0.4 is 0 Å². The first-order valence-electron chi connectivity index (χ1n) is 8.61. The van der Waals surface area contributed by atoms with Crippen LogP contribution in [-0.2, 0) is 14.9 Å². The minimum Gasteiger partial charge on any atom is -0.385 e. The van der Waals surface area contributed by atoms with Gasteiger partial charge in [-0.3, -0.25) is 0 Å². The highest BCUT2D eigenvalue weighted by atomic mass is 32.2. The van der Waals surface area contributed by atoms with Gasteiger partial charge in [0.2, 0.25) is 0 Å². The Morgan fingerprint density at radius 2 is 1.41 bits per heavy atom. The summed E-state index contributed by atoms with van der Waals surface area (Å²) in [6.07, 6.45) is 6.50. The van der Waals surface area contributed by atoms with Gasteiger partial charge in [-0.25, -0.2) is 0 Å². The maximum absolute atomic E-state index is 12.7. The van der Waals surface area contributed by atoms with Crippen molar-refractivity contribution in [3.05, 3.63) is 0 Å². The van der Waals surface area contributed by atoms with Crippen molar-refractivity contribution in [1.82, 2.24) is 13.5 Å². The summed E-state index contributed by atoms with van der Waals surface area (Å²) in [5.74, 6) is 0. The fourth-order valence-corrected chi connectivity index (χ4v) is 4.87. The summed E-state index contributed by atoms with van der Waals surface area (Å²) >= 11 is 0. The monoisotopic (exact) mass is 333 g/mol. The molecule has 2 aliphatic heterocycles. The van der Waals surface area contributed by atoms with E-state index >= 15 is 0 Å². The van der Waals surface area contributed by atoms with Gasteiger partial charge >= 0.3 is 0 Å². The normalized spacial score (nSPS) is 23.5. The third-order valence-electron chi connectivity index (χ3n) is 4.62. The van der Waals surface area contributed by atoms with Gasteiger partial charge in [-0.05, 0) is 32.2 Å². The highest BCUT2D eigenvalue weighted by molar-refractivity contribution is 7.86. The van der Waals surface area contributed by atoms with E-state index in [1.165, 1.54) is 0 Å². The number of rotatable bonds is 7. The van der Waals surface area contributed by atoms with Crippen molar-refractivity contribution in [2.24, 2.45) is 0 Å². The van der Waals surface area contributed by atoms with Gasteiger partial charge in [-0.2, -0.15) is 17.0 Å². The van der Waals surface area contributed by atoms with Crippen LogP contribution in [0, 0.1) is 0 Å². The van der Waals surface area contributed by atoms with Gasteiger partial charge in [-0.1, -0.05) is 12.8 Å². The van der Waals surface area contributed by atoms with Crippen molar-refractivity contribution < 1.29 is 13.2 Å². The maximum atomic E-state index is 12.7. The van der Waals surface area contributed by atoms with Gasteiger partial charge in [0.1, 0.15) is 0 Å². The topological polar surface area (TPSA) is 53.1 Å². The van der Waals surface area contributed by atoms with Crippen LogP contribution in [-0.4, -0.2) is 81.5 Å². The highest BCUT2D eigenvalue weighted by Crippen LogP contribution is 2.18. The van der Waals surface area contributed by atoms with Crippen molar-refractivity contribution in [3.63, 3.8) is 0 Å². The van der Waals surface area contributed by atoms with E-state index in [0.717, 1.165) is 64.8 Å². The van der Waals surface area contributed by atoms with Gasteiger partial charge in [0.25, 0.3) is 10.2 Å². The number of unbranched alkanes of at least 4 members (excludes halogenated alkanes) is 1. The van der Waals surface area contributed by atoms with E-state index in [0.29, 0.717) is 26.2 Å². The predicted molar refractivity (Wildman–Crippen MR) is 88.1 cm³/mol. The molecule has 2 aliphatic rings. The standard InChI is InChI=1S/C15H31N3O3S/c1-21-15-7-6-8-16-11-13-18(14-12-16)22(19,20)17-9-4-2-3-5-10-17/h2-15H2,1H3. The molecule has 2 heterocycles. The van der Waals surface area contributed by atoms with E-state index in [1.54, 1.807) is 15.7 Å². The average molecular weight is 333 g/mol. The SMILES string of the molecule is COCCCCN1CCN(S(=O)(=O)N2CCCCCC2)CC1. The molecule has 2 saturated heterocycles. The molecule has 22 heavy (non-hydrogen) atoms. The van der Waals surface area contributed by atoms with Gasteiger partial charge in [0, 0.05) is 53.0 Å². The molecular formula is C15H31N3O3S. The molecule has 0 aromatic rings. The first kappa shape index (κ1) is 18.1. The molecule has 0 aromatic carbocycles. The van der Waals surface area contributed by atoms with E-state index in [9.17, 15) is 8.42 Å². The Bertz CT molecular complexity index is 400. The van der Waals surface area contributed by atoms with Crippen LogP contribution in [0.3, 0.4) is 0 Å². The lowest BCUT2D eigenvalue weighted by Crippen LogP contribution is -2.53. The number of ether oxygens (including phenoxy) is 1. The Hall–Kier alpha value is -0.210. The van der Waals surface area contributed by atoms with Crippen molar-refractivity contribution in [1.29, 1.82) is 0 Å². The molecule has 0 amide bonds. The van der Waals surface area contributed by atoms with E-state index < -0.39 is 10.2 Å². The molecule has 2 rings (SSSR count). The fourth-order valence-electron chi connectivity index (χ4n) is 3.20. The Balaban J connectivity index is 1.77. The van der Waals surface area contributed by atoms with Crippen molar-refractivity contribution >= 4 is 10.2 Å². The third kappa shape index (κ3) is 5.16. The van der Waals surface area contributed by atoms with Crippen molar-refractivity contribution in [3.8, 4) is 0 Å². The molecule has 6 nitrogen and oxygen atoms in total. The Kier molecular flexibility index (Phi) is 7.56. The van der Waals surface area contributed by atoms with Crippen LogP contribution in [0.15, 0.2) is 0 Å². The van der Waals surface area contributed by atoms with Gasteiger partial charge in [0.15, 0.2) is 0 Å². The zero-order valence-electron chi connectivity index (χ0n) is 13.9. The maximum Gasteiger partial charge on any atom is 0.282 e. The largest absolute Gasteiger partial charge is 0.385 e. The number of piperazine rings is 1. The lowest BCUT2D eigenvalue weighted by Gasteiger charge is -2.36. The van der Waals surface area contributed by atoms with Crippen LogP contribution in [0.4, 0.5) is 0 Å². The predicted octanol–water partition coefficient (Wildman–Crippen LogP) is 1.15. The molecule has 0 radical (unpaired) electrons. The van der Waals surface area contributed by atoms with E-state index in [4.69, 9.17) is 4.74 Å². The second kappa shape index (κ2) is 9.17. The lowest BCUT2D eigenvalue weighted by atomic mass is 10.2. The summed E-state index contributed by atoms with van der Waals surface area (Å²) in [6.45, 7) is 6.19. The highest BCUT2D eigenvalue weighted by Gasteiger charge is 2.32. The van der Waals surface area contributed by atoms with E-state index in [-0.39, 0.29) is 0 Å². The Morgan fingerprint density at radius 1 is 0.818 bits per heavy atom. The third-order valence-corrected chi connectivity index (χ3v) is 6.66. The summed E-state index contributed by atoms with van der Waals surface area (Å²) in [5, 5.41) is 0. The van der Waals surface area contributed by atoms with Gasteiger partial charge in [0.05, 0.1) is 0 Å². The molecule has 130 valence electrons. The van der Waals surface area contributed by atoms with Crippen LogP contribution in [0.2, 0.25) is 0 Å². The molecule has 0 N–H and O–H groups in total. The van der Waals surface area contributed by atoms with Crippen LogP contribution in [0.25, 0.3) is 0 Å². The molecule has 7 heteroatoms. The second-order valence-corrected chi connectivity index (χ2v) is 8.19. The second-order valence-electron chi connectivity index (χ2n) is 6.26. The summed E-state index contributed by atoms with van der Waals surface area (Å²) in [5.41, 5.74) is 0. The summed E-state index contributed by atoms with van der Waals surface area (Å²) in [4.78, 5) is 2.37. The zero-order chi connectivity index (χ0) is 15.8. The fraction of sp³-hybridized carbons (Fsp3) is 1.00. The van der Waals surface area contributed by atoms with Crippen LogP contribution >= 0.6 is 0 Å². The summed E-state index contributed by atoms with van der Waals surface area (Å²) in [6, 6.07) is 0. The lowest BCUT2D eigenvalue weighted by molar-refractivity contribution is 0.161. The average Bonchev–Trinajstić information content (AvgIpc) is 2.82. The van der Waals surface area contributed by atoms with Crippen LogP contribution in [0.1, 0.15) is 38.5 Å². The molecular weight excluding hydrogens is 302 g/mol. The quantitative estimate of drug-likeness (QED) is 0.656. The van der Waals surface area contributed by atoms with E-state index in [1.807, 2.05) is 0 Å². The molecule has 0 atom stereocenters. The Morgan fingerprint density at radius 3 is 2.00 bits per heavy atom. The first-order valence-corrected chi connectivity index (χ1v) is 10.0.